The molecular formula is C27H27F3N6O5S. The molecule has 1 saturated heterocycles. The molecule has 0 unspecified atom stereocenters. The van der Waals surface area contributed by atoms with Gasteiger partial charge in [0.25, 0.3) is 0 Å². The van der Waals surface area contributed by atoms with E-state index in [0.29, 0.717) is 42.5 Å². The van der Waals surface area contributed by atoms with Crippen molar-refractivity contribution in [3.8, 4) is 11.1 Å². The van der Waals surface area contributed by atoms with Crippen molar-refractivity contribution >= 4 is 50.5 Å². The topological polar surface area (TPSA) is 116 Å². The van der Waals surface area contributed by atoms with E-state index in [1.807, 2.05) is 19.0 Å². The number of anilines is 3. The summed E-state index contributed by atoms with van der Waals surface area (Å²) in [5.74, 6) is -4.74. The van der Waals surface area contributed by atoms with Gasteiger partial charge in [-0.15, -0.1) is 0 Å². The minimum Gasteiger partial charge on any atom is -0.351 e. The van der Waals surface area contributed by atoms with Crippen LogP contribution in [0.25, 0.3) is 22.0 Å². The van der Waals surface area contributed by atoms with Crippen LogP contribution in [0.15, 0.2) is 30.6 Å². The summed E-state index contributed by atoms with van der Waals surface area (Å²) in [6.07, 6.45) is 4.99. The van der Waals surface area contributed by atoms with E-state index in [9.17, 15) is 26.8 Å². The van der Waals surface area contributed by atoms with E-state index in [1.165, 1.54) is 18.3 Å². The van der Waals surface area contributed by atoms with Gasteiger partial charge in [0, 0.05) is 60.5 Å². The van der Waals surface area contributed by atoms with E-state index in [-0.39, 0.29) is 39.8 Å². The van der Waals surface area contributed by atoms with Gasteiger partial charge in [0.05, 0.1) is 22.8 Å². The van der Waals surface area contributed by atoms with E-state index in [1.54, 1.807) is 23.0 Å². The zero-order valence-electron chi connectivity index (χ0n) is 22.9. The highest BCUT2D eigenvalue weighted by molar-refractivity contribution is 7.92. The molecule has 1 aliphatic carbocycles. The van der Waals surface area contributed by atoms with Gasteiger partial charge in [-0.3, -0.25) is 14.6 Å². The number of hydrogen-bond donors (Lipinski definition) is 0. The number of pyridine rings is 2. The average Bonchev–Trinajstić information content (AvgIpc) is 3.13. The molecule has 42 heavy (non-hydrogen) atoms. The first kappa shape index (κ1) is 28.2. The third-order valence-electron chi connectivity index (χ3n) is 8.54. The molecule has 6 rings (SSSR count). The molecule has 0 radical (unpaired) electrons. The van der Waals surface area contributed by atoms with Gasteiger partial charge in [-0.25, -0.2) is 9.37 Å². The number of nitrogens with zero attached hydrogens (tertiary/aromatic N) is 6. The SMILES string of the molecule is CN1C(=O)C2(CCC2)c2c1cnc1cc(F)c(-c3cnc(N4CC(N(C)C)C4)c(N(OC=O)S(=O)(=O)C(F)F)c3)cc21. The fraction of sp³-hybridized carbons (Fsp3) is 0.407. The fourth-order valence-electron chi connectivity index (χ4n) is 6.00. The van der Waals surface area contributed by atoms with Crippen molar-refractivity contribution in [2.45, 2.75) is 36.5 Å². The number of carbonyl (C=O) groups is 2. The summed E-state index contributed by atoms with van der Waals surface area (Å²) < 4.78 is 67.9. The van der Waals surface area contributed by atoms with Crippen molar-refractivity contribution in [1.29, 1.82) is 0 Å². The molecule has 2 aromatic heterocycles. The lowest BCUT2D eigenvalue weighted by atomic mass is 9.64. The van der Waals surface area contributed by atoms with E-state index in [2.05, 4.69) is 14.8 Å². The number of amides is 1. The molecule has 0 N–H and O–H groups in total. The molecule has 1 spiro atoms. The molecule has 1 amide bonds. The van der Waals surface area contributed by atoms with Crippen LogP contribution in [-0.4, -0.2) is 81.7 Å². The molecule has 11 nitrogen and oxygen atoms in total. The van der Waals surface area contributed by atoms with Gasteiger partial charge in [-0.1, -0.05) is 10.9 Å². The third-order valence-corrected chi connectivity index (χ3v) is 9.74. The highest BCUT2D eigenvalue weighted by Gasteiger charge is 2.54. The number of carbonyl (C=O) groups excluding carboxylic acids is 2. The summed E-state index contributed by atoms with van der Waals surface area (Å²) in [6, 6.07) is 3.95. The first-order valence-electron chi connectivity index (χ1n) is 13.2. The molecule has 1 saturated carbocycles. The number of alkyl halides is 2. The van der Waals surface area contributed by atoms with Crippen molar-refractivity contribution in [3.05, 3.63) is 42.0 Å². The van der Waals surface area contributed by atoms with Gasteiger partial charge in [-0.2, -0.15) is 17.2 Å². The molecule has 1 aromatic carbocycles. The van der Waals surface area contributed by atoms with Crippen molar-refractivity contribution < 1.29 is 36.0 Å². The summed E-state index contributed by atoms with van der Waals surface area (Å²) in [5.41, 5.74) is 0.520. The quantitative estimate of drug-likeness (QED) is 0.283. The Morgan fingerprint density at radius 3 is 2.45 bits per heavy atom. The number of benzene rings is 1. The van der Waals surface area contributed by atoms with Gasteiger partial charge in [0.1, 0.15) is 11.5 Å². The Balaban J connectivity index is 1.53. The fourth-order valence-corrected chi connectivity index (χ4v) is 6.71. The molecule has 222 valence electrons. The standard InChI is InChI=1S/C27H27F3N6O5S/c1-33(2)16-12-35(13-16)24-21(36(41-14-37)42(39,40)26(29)30)7-15(10-32-24)17-8-18-20(9-19(17)28)31-11-22-23(18)27(5-4-6-27)25(38)34(22)3/h7-11,14,16,26H,4-6,12-13H2,1-3H3. The second-order valence-electron chi connectivity index (χ2n) is 11.0. The van der Waals surface area contributed by atoms with Crippen LogP contribution in [-0.2, 0) is 29.9 Å². The molecule has 2 fully saturated rings. The summed E-state index contributed by atoms with van der Waals surface area (Å²) in [5, 5.41) is 0.546. The number of rotatable bonds is 8. The monoisotopic (exact) mass is 604 g/mol. The number of sulfonamides is 1. The predicted octanol–water partition coefficient (Wildman–Crippen LogP) is 3.03. The molecule has 4 heterocycles. The maximum Gasteiger partial charge on any atom is 0.358 e. The molecule has 0 bridgehead atoms. The van der Waals surface area contributed by atoms with Crippen LogP contribution in [0, 0.1) is 5.82 Å². The van der Waals surface area contributed by atoms with Gasteiger partial charge < -0.3 is 19.5 Å². The van der Waals surface area contributed by atoms with Crippen LogP contribution >= 0.6 is 0 Å². The second-order valence-corrected chi connectivity index (χ2v) is 12.7. The van der Waals surface area contributed by atoms with E-state index in [0.717, 1.165) is 18.1 Å². The number of halogens is 3. The molecular weight excluding hydrogens is 577 g/mol. The van der Waals surface area contributed by atoms with E-state index in [4.69, 9.17) is 0 Å². The number of hydrogen-bond acceptors (Lipinski definition) is 9. The Labute approximate surface area is 239 Å². The first-order chi connectivity index (χ1) is 19.9. The number of fused-ring (bicyclic) bond motifs is 4. The molecule has 3 aliphatic rings. The summed E-state index contributed by atoms with van der Waals surface area (Å²) in [7, 11) is -0.0936. The van der Waals surface area contributed by atoms with Gasteiger partial charge >= 0.3 is 22.3 Å². The number of likely N-dealkylation sites (N-methyl/N-ethyl adjacent to an activating group) is 2. The molecule has 3 aromatic rings. The van der Waals surface area contributed by atoms with Crippen molar-refractivity contribution in [1.82, 2.24) is 14.9 Å². The van der Waals surface area contributed by atoms with Crippen LogP contribution in [0.1, 0.15) is 24.8 Å². The summed E-state index contributed by atoms with van der Waals surface area (Å²) >= 11 is 0. The minimum atomic E-state index is -5.48. The van der Waals surface area contributed by atoms with Crippen LogP contribution in [0.4, 0.5) is 30.4 Å². The minimum absolute atomic E-state index is 0.0234. The van der Waals surface area contributed by atoms with Gasteiger partial charge in [-0.05, 0) is 39.1 Å². The van der Waals surface area contributed by atoms with Crippen LogP contribution in [0.3, 0.4) is 0 Å². The van der Waals surface area contributed by atoms with E-state index < -0.39 is 32.7 Å². The smallest absolute Gasteiger partial charge is 0.351 e. The van der Waals surface area contributed by atoms with Crippen molar-refractivity contribution in [2.75, 3.05) is 48.5 Å². The Bertz CT molecular complexity index is 1730. The van der Waals surface area contributed by atoms with Crippen LogP contribution in [0.2, 0.25) is 0 Å². The Morgan fingerprint density at radius 1 is 1.14 bits per heavy atom. The van der Waals surface area contributed by atoms with Gasteiger partial charge in [0.15, 0.2) is 5.82 Å². The maximum atomic E-state index is 15.6. The average molecular weight is 605 g/mol. The van der Waals surface area contributed by atoms with Crippen molar-refractivity contribution in [3.63, 3.8) is 0 Å². The highest BCUT2D eigenvalue weighted by atomic mass is 32.2. The third kappa shape index (κ3) is 4.01. The lowest BCUT2D eigenvalue weighted by molar-refractivity contribution is -0.128. The zero-order valence-corrected chi connectivity index (χ0v) is 23.7. The highest BCUT2D eigenvalue weighted by Crippen LogP contribution is 2.55. The molecule has 15 heteroatoms. The van der Waals surface area contributed by atoms with Gasteiger partial charge in [0.2, 0.25) is 5.91 Å². The van der Waals surface area contributed by atoms with Crippen molar-refractivity contribution in [2.24, 2.45) is 0 Å². The lowest BCUT2D eigenvalue weighted by Gasteiger charge is -2.44. The molecule has 0 atom stereocenters. The first-order valence-corrected chi connectivity index (χ1v) is 14.7. The predicted molar refractivity (Wildman–Crippen MR) is 148 cm³/mol. The Kier molecular flexibility index (Phi) is 6.57. The Hall–Kier alpha value is -3.98. The van der Waals surface area contributed by atoms with Crippen LogP contribution < -0.4 is 14.3 Å². The molecule has 2 aliphatic heterocycles. The second kappa shape index (κ2) is 9.80. The number of aromatic nitrogens is 2. The lowest BCUT2D eigenvalue weighted by Crippen LogP contribution is -2.58. The normalized spacial score (nSPS) is 18.0. The zero-order chi connectivity index (χ0) is 30.1. The summed E-state index contributed by atoms with van der Waals surface area (Å²) in [6.45, 7) is 0.496. The maximum absolute atomic E-state index is 15.6. The summed E-state index contributed by atoms with van der Waals surface area (Å²) in [4.78, 5) is 42.9. The Morgan fingerprint density at radius 2 is 1.86 bits per heavy atom. The van der Waals surface area contributed by atoms with E-state index >= 15 is 4.39 Å². The largest absolute Gasteiger partial charge is 0.358 e. The van der Waals surface area contributed by atoms with Crippen LogP contribution in [0.5, 0.6) is 0 Å².